The van der Waals surface area contributed by atoms with Gasteiger partial charge >= 0.3 is 0 Å². The van der Waals surface area contributed by atoms with Gasteiger partial charge in [0.15, 0.2) is 5.82 Å². The van der Waals surface area contributed by atoms with Crippen LogP contribution in [-0.4, -0.2) is 26.2 Å². The fraction of sp³-hybridized carbons (Fsp3) is 0.889. The van der Waals surface area contributed by atoms with E-state index in [-0.39, 0.29) is 11.5 Å². The van der Waals surface area contributed by atoms with Gasteiger partial charge < -0.3 is 5.73 Å². The van der Waals surface area contributed by atoms with Crippen molar-refractivity contribution in [2.24, 2.45) is 18.2 Å². The van der Waals surface area contributed by atoms with Crippen molar-refractivity contribution in [3.8, 4) is 0 Å². The minimum absolute atomic E-state index is 0.110. The van der Waals surface area contributed by atoms with Crippen LogP contribution in [0.2, 0.25) is 0 Å². The first-order valence-corrected chi connectivity index (χ1v) is 4.85. The lowest BCUT2D eigenvalue weighted by Crippen LogP contribution is -2.28. The van der Waals surface area contributed by atoms with Crippen LogP contribution in [0.5, 0.6) is 0 Å². The molecule has 0 bridgehead atoms. The number of aryl methyl sites for hydroxylation is 1. The van der Waals surface area contributed by atoms with Gasteiger partial charge in [0, 0.05) is 12.5 Å². The minimum atomic E-state index is 0.110. The van der Waals surface area contributed by atoms with Crippen LogP contribution in [0, 0.1) is 5.41 Å². The molecule has 0 amide bonds. The Morgan fingerprint density at radius 1 is 1.43 bits per heavy atom. The molecule has 0 aromatic carbocycles. The van der Waals surface area contributed by atoms with E-state index in [4.69, 9.17) is 5.73 Å². The summed E-state index contributed by atoms with van der Waals surface area (Å²) in [6.07, 6.45) is 1.66. The number of hydrogen-bond donors (Lipinski definition) is 1. The molecule has 0 aliphatic rings. The van der Waals surface area contributed by atoms with Crippen LogP contribution in [0.3, 0.4) is 0 Å². The minimum Gasteiger partial charge on any atom is -0.327 e. The summed E-state index contributed by atoms with van der Waals surface area (Å²) in [6, 6.07) is 0.110. The van der Waals surface area contributed by atoms with Crippen LogP contribution in [-0.2, 0) is 13.5 Å². The van der Waals surface area contributed by atoms with Gasteiger partial charge in [-0.1, -0.05) is 20.8 Å². The van der Waals surface area contributed by atoms with E-state index in [2.05, 4.69) is 36.2 Å². The normalized spacial score (nSPS) is 14.4. The smallest absolute Gasteiger partial charge is 0.176 e. The molecule has 1 rings (SSSR count). The van der Waals surface area contributed by atoms with Gasteiger partial charge in [0.25, 0.3) is 0 Å². The summed E-state index contributed by atoms with van der Waals surface area (Å²) in [7, 11) is 1.76. The van der Waals surface area contributed by atoms with Crippen LogP contribution in [0.15, 0.2) is 0 Å². The van der Waals surface area contributed by atoms with Crippen molar-refractivity contribution in [3.05, 3.63) is 5.82 Å². The molecule has 0 saturated heterocycles. The first-order valence-electron chi connectivity index (χ1n) is 4.85. The highest BCUT2D eigenvalue weighted by atomic mass is 15.6. The van der Waals surface area contributed by atoms with Gasteiger partial charge in [0.1, 0.15) is 0 Å². The summed E-state index contributed by atoms with van der Waals surface area (Å²) in [5, 5.41) is 11.8. The Hall–Kier alpha value is -0.970. The molecule has 14 heavy (non-hydrogen) atoms. The summed E-state index contributed by atoms with van der Waals surface area (Å²) < 4.78 is 0. The van der Waals surface area contributed by atoms with Gasteiger partial charge in [-0.2, -0.15) is 4.80 Å². The van der Waals surface area contributed by atoms with E-state index in [1.807, 2.05) is 0 Å². The van der Waals surface area contributed by atoms with Gasteiger partial charge in [-0.3, -0.25) is 0 Å². The van der Waals surface area contributed by atoms with Crippen LogP contribution >= 0.6 is 0 Å². The van der Waals surface area contributed by atoms with Crippen molar-refractivity contribution in [2.45, 2.75) is 39.7 Å². The van der Waals surface area contributed by atoms with E-state index in [0.717, 1.165) is 12.2 Å². The van der Waals surface area contributed by atoms with Gasteiger partial charge in [-0.25, -0.2) is 0 Å². The van der Waals surface area contributed by atoms with Crippen LogP contribution in [0.25, 0.3) is 0 Å². The van der Waals surface area contributed by atoms with E-state index < -0.39 is 0 Å². The number of tetrazole rings is 1. The quantitative estimate of drug-likeness (QED) is 0.766. The fourth-order valence-electron chi connectivity index (χ4n) is 1.50. The molecule has 1 aromatic rings. The Bertz CT molecular complexity index is 286. The number of nitrogens with zero attached hydrogens (tertiary/aromatic N) is 4. The lowest BCUT2D eigenvalue weighted by molar-refractivity contribution is 0.336. The molecule has 1 atom stereocenters. The topological polar surface area (TPSA) is 69.6 Å². The highest BCUT2D eigenvalue weighted by Gasteiger charge is 2.17. The Kier molecular flexibility index (Phi) is 3.21. The molecule has 5 heteroatoms. The molecule has 0 aliphatic heterocycles. The van der Waals surface area contributed by atoms with Gasteiger partial charge in [-0.05, 0) is 17.0 Å². The van der Waals surface area contributed by atoms with Crippen molar-refractivity contribution < 1.29 is 0 Å². The predicted octanol–water partition coefficient (Wildman–Crippen LogP) is 0.516. The maximum Gasteiger partial charge on any atom is 0.176 e. The second-order valence-corrected chi connectivity index (χ2v) is 4.92. The molecule has 0 saturated carbocycles. The maximum absolute atomic E-state index is 5.98. The highest BCUT2D eigenvalue weighted by molar-refractivity contribution is 4.84. The zero-order chi connectivity index (χ0) is 10.8. The van der Waals surface area contributed by atoms with Crippen molar-refractivity contribution in [2.75, 3.05) is 0 Å². The van der Waals surface area contributed by atoms with Crippen LogP contribution in [0.1, 0.15) is 33.0 Å². The second kappa shape index (κ2) is 4.04. The van der Waals surface area contributed by atoms with E-state index in [1.54, 1.807) is 7.05 Å². The van der Waals surface area contributed by atoms with Gasteiger partial charge in [-0.15, -0.1) is 10.2 Å². The van der Waals surface area contributed by atoms with E-state index in [9.17, 15) is 0 Å². The Morgan fingerprint density at radius 3 is 2.50 bits per heavy atom. The zero-order valence-electron chi connectivity index (χ0n) is 9.36. The SMILES string of the molecule is Cn1nnc(CC(N)CC(C)(C)C)n1. The molecule has 1 aromatic heterocycles. The Labute approximate surface area is 84.7 Å². The van der Waals surface area contributed by atoms with Crippen LogP contribution < -0.4 is 5.73 Å². The molecule has 2 N–H and O–H groups in total. The average molecular weight is 197 g/mol. The van der Waals surface area contributed by atoms with E-state index >= 15 is 0 Å². The lowest BCUT2D eigenvalue weighted by atomic mass is 9.87. The van der Waals surface area contributed by atoms with Crippen molar-refractivity contribution in [3.63, 3.8) is 0 Å². The standard InChI is InChI=1S/C9H19N5/c1-9(2,3)6-7(10)5-8-11-13-14(4)12-8/h7H,5-6,10H2,1-4H3. The van der Waals surface area contributed by atoms with E-state index in [0.29, 0.717) is 6.42 Å². The molecule has 5 nitrogen and oxygen atoms in total. The third-order valence-electron chi connectivity index (χ3n) is 1.87. The molecule has 1 unspecified atom stereocenters. The van der Waals surface area contributed by atoms with Crippen molar-refractivity contribution >= 4 is 0 Å². The number of rotatable bonds is 3. The summed E-state index contributed by atoms with van der Waals surface area (Å²) >= 11 is 0. The summed E-state index contributed by atoms with van der Waals surface area (Å²) in [5.74, 6) is 0.726. The highest BCUT2D eigenvalue weighted by Crippen LogP contribution is 2.20. The molecule has 0 spiro atoms. The van der Waals surface area contributed by atoms with Crippen molar-refractivity contribution in [1.29, 1.82) is 0 Å². The van der Waals surface area contributed by atoms with E-state index in [1.165, 1.54) is 4.80 Å². The van der Waals surface area contributed by atoms with Crippen molar-refractivity contribution in [1.82, 2.24) is 20.2 Å². The summed E-state index contributed by atoms with van der Waals surface area (Å²) in [6.45, 7) is 6.53. The largest absolute Gasteiger partial charge is 0.327 e. The second-order valence-electron chi connectivity index (χ2n) is 4.92. The summed E-state index contributed by atoms with van der Waals surface area (Å²) in [4.78, 5) is 1.46. The molecular weight excluding hydrogens is 178 g/mol. The predicted molar refractivity (Wildman–Crippen MR) is 54.5 cm³/mol. The monoisotopic (exact) mass is 197 g/mol. The molecule has 1 heterocycles. The van der Waals surface area contributed by atoms with Gasteiger partial charge in [0.2, 0.25) is 0 Å². The van der Waals surface area contributed by atoms with Gasteiger partial charge in [0.05, 0.1) is 7.05 Å². The molecule has 0 aliphatic carbocycles. The fourth-order valence-corrected chi connectivity index (χ4v) is 1.50. The third kappa shape index (κ3) is 3.83. The first kappa shape index (κ1) is 11.1. The molecule has 80 valence electrons. The Morgan fingerprint density at radius 2 is 2.07 bits per heavy atom. The van der Waals surface area contributed by atoms with Crippen LogP contribution in [0.4, 0.5) is 0 Å². The third-order valence-corrected chi connectivity index (χ3v) is 1.87. The first-order chi connectivity index (χ1) is 6.37. The number of hydrogen-bond acceptors (Lipinski definition) is 4. The number of aromatic nitrogens is 4. The molecular formula is C9H19N5. The molecule has 0 radical (unpaired) electrons. The average Bonchev–Trinajstić information content (AvgIpc) is 2.30. The lowest BCUT2D eigenvalue weighted by Gasteiger charge is -2.22. The maximum atomic E-state index is 5.98. The Balaban J connectivity index is 2.45. The zero-order valence-corrected chi connectivity index (χ0v) is 9.36. The molecule has 0 fully saturated rings. The number of nitrogens with two attached hydrogens (primary N) is 1. The summed E-state index contributed by atoms with van der Waals surface area (Å²) in [5.41, 5.74) is 6.24.